The zero-order valence-electron chi connectivity index (χ0n) is 14.7. The molecule has 0 spiro atoms. The van der Waals surface area contributed by atoms with Crippen molar-refractivity contribution in [1.29, 1.82) is 0 Å². The lowest BCUT2D eigenvalue weighted by Gasteiger charge is -2.37. The number of carbonyl (C=O) groups excluding carboxylic acids is 1. The Morgan fingerprint density at radius 1 is 1.24 bits per heavy atom. The number of aliphatic imine (C=N–C) groups is 1. The van der Waals surface area contributed by atoms with Gasteiger partial charge in [-0.1, -0.05) is 44.2 Å². The third-order valence-electron chi connectivity index (χ3n) is 6.74. The molecule has 0 radical (unpaired) electrons. The molecule has 2 aliphatic carbocycles. The molecule has 5 nitrogen and oxygen atoms in total. The minimum absolute atomic E-state index is 0.0891. The van der Waals surface area contributed by atoms with Gasteiger partial charge in [-0.2, -0.15) is 0 Å². The fourth-order valence-electron chi connectivity index (χ4n) is 5.02. The van der Waals surface area contributed by atoms with Crippen molar-refractivity contribution in [2.45, 2.75) is 33.1 Å². The molecule has 1 heterocycles. The van der Waals surface area contributed by atoms with Crippen molar-refractivity contribution >= 4 is 21.6 Å². The topological polar surface area (TPSA) is 66.8 Å². The van der Waals surface area contributed by atoms with Gasteiger partial charge in [-0.25, -0.2) is 8.42 Å². The molecule has 0 aromatic heterocycles. The third-order valence-corrected chi connectivity index (χ3v) is 8.62. The van der Waals surface area contributed by atoms with Crippen LogP contribution < -0.4 is 0 Å². The summed E-state index contributed by atoms with van der Waals surface area (Å²) in [4.78, 5) is 17.1. The van der Waals surface area contributed by atoms with Gasteiger partial charge in [-0.3, -0.25) is 14.1 Å². The Morgan fingerprint density at radius 3 is 2.56 bits per heavy atom. The van der Waals surface area contributed by atoms with E-state index in [1.807, 2.05) is 30.3 Å². The lowest BCUT2D eigenvalue weighted by Crippen LogP contribution is -2.47. The van der Waals surface area contributed by atoms with Gasteiger partial charge < -0.3 is 0 Å². The molecule has 1 aromatic rings. The van der Waals surface area contributed by atoms with Crippen LogP contribution >= 0.6 is 0 Å². The molecular formula is C19H24N2O3S. The predicted molar refractivity (Wildman–Crippen MR) is 96.9 cm³/mol. The summed E-state index contributed by atoms with van der Waals surface area (Å²) in [6.45, 7) is 4.97. The van der Waals surface area contributed by atoms with E-state index in [9.17, 15) is 13.2 Å². The van der Waals surface area contributed by atoms with E-state index < -0.39 is 15.4 Å². The summed E-state index contributed by atoms with van der Waals surface area (Å²) in [6, 6.07) is 9.41. The van der Waals surface area contributed by atoms with Crippen LogP contribution in [-0.2, 0) is 14.8 Å². The van der Waals surface area contributed by atoms with Gasteiger partial charge >= 0.3 is 0 Å². The Bertz CT molecular complexity index is 845. The zero-order chi connectivity index (χ0) is 17.9. The first-order valence-electron chi connectivity index (χ1n) is 8.91. The van der Waals surface area contributed by atoms with Gasteiger partial charge in [0.25, 0.3) is 0 Å². The summed E-state index contributed by atoms with van der Waals surface area (Å²) in [5.74, 6) is 0.870. The van der Waals surface area contributed by atoms with Crippen LogP contribution in [0.5, 0.6) is 0 Å². The van der Waals surface area contributed by atoms with Crippen molar-refractivity contribution in [3.05, 3.63) is 35.9 Å². The molecular weight excluding hydrogens is 336 g/mol. The Kier molecular flexibility index (Phi) is 3.62. The SMILES string of the molecule is CC1(C)C2CCC1(CS(=O)(=O)N1CCN=C1c1ccccc1)C(=O)C2. The molecule has 0 N–H and O–H groups in total. The Balaban J connectivity index is 1.67. The number of amidine groups is 1. The normalized spacial score (nSPS) is 30.8. The number of hydrogen-bond donors (Lipinski definition) is 0. The van der Waals surface area contributed by atoms with Crippen molar-refractivity contribution in [3.8, 4) is 0 Å². The second-order valence-electron chi connectivity index (χ2n) is 8.07. The molecule has 2 unspecified atom stereocenters. The number of rotatable bonds is 4. The molecule has 0 amide bonds. The molecule has 2 saturated carbocycles. The summed E-state index contributed by atoms with van der Waals surface area (Å²) in [5, 5.41) is 0. The van der Waals surface area contributed by atoms with Crippen LogP contribution in [0.15, 0.2) is 35.3 Å². The van der Waals surface area contributed by atoms with Gasteiger partial charge in [0.1, 0.15) is 11.6 Å². The quantitative estimate of drug-likeness (QED) is 0.828. The fraction of sp³-hybridized carbons (Fsp3) is 0.579. The molecule has 25 heavy (non-hydrogen) atoms. The van der Waals surface area contributed by atoms with Crippen LogP contribution in [-0.4, -0.2) is 43.2 Å². The molecule has 6 heteroatoms. The molecule has 134 valence electrons. The smallest absolute Gasteiger partial charge is 0.237 e. The van der Waals surface area contributed by atoms with E-state index in [1.165, 1.54) is 4.31 Å². The van der Waals surface area contributed by atoms with Gasteiger partial charge in [0, 0.05) is 12.0 Å². The predicted octanol–water partition coefficient (Wildman–Crippen LogP) is 2.47. The first kappa shape index (κ1) is 16.8. The second kappa shape index (κ2) is 5.40. The number of ketones is 1. The van der Waals surface area contributed by atoms with Crippen molar-refractivity contribution in [1.82, 2.24) is 4.31 Å². The number of benzene rings is 1. The van der Waals surface area contributed by atoms with E-state index in [0.29, 0.717) is 37.7 Å². The van der Waals surface area contributed by atoms with Gasteiger partial charge in [-0.15, -0.1) is 0 Å². The van der Waals surface area contributed by atoms with Crippen molar-refractivity contribution in [3.63, 3.8) is 0 Å². The number of fused-ring (bicyclic) bond motifs is 2. The molecule has 2 fully saturated rings. The zero-order valence-corrected chi connectivity index (χ0v) is 15.6. The van der Waals surface area contributed by atoms with E-state index in [2.05, 4.69) is 18.8 Å². The monoisotopic (exact) mass is 360 g/mol. The average Bonchev–Trinajstić information content (AvgIpc) is 3.19. The lowest BCUT2D eigenvalue weighted by molar-refractivity contribution is -0.128. The first-order valence-corrected chi connectivity index (χ1v) is 10.5. The van der Waals surface area contributed by atoms with Crippen LogP contribution in [0.25, 0.3) is 0 Å². The molecule has 4 rings (SSSR count). The highest BCUT2D eigenvalue weighted by Gasteiger charge is 2.65. The fourth-order valence-corrected chi connectivity index (χ4v) is 7.26. The summed E-state index contributed by atoms with van der Waals surface area (Å²) >= 11 is 0. The van der Waals surface area contributed by atoms with Crippen LogP contribution in [0.1, 0.15) is 38.7 Å². The summed E-state index contributed by atoms with van der Waals surface area (Å²) in [7, 11) is -3.61. The molecule has 0 saturated heterocycles. The number of sulfonamides is 1. The molecule has 2 bridgehead atoms. The minimum atomic E-state index is -3.61. The van der Waals surface area contributed by atoms with Crippen molar-refractivity contribution in [2.24, 2.45) is 21.7 Å². The summed E-state index contributed by atoms with van der Waals surface area (Å²) in [6.07, 6.45) is 2.17. The molecule has 3 aliphatic rings. The van der Waals surface area contributed by atoms with Crippen LogP contribution in [0, 0.1) is 16.7 Å². The van der Waals surface area contributed by atoms with E-state index >= 15 is 0 Å². The van der Waals surface area contributed by atoms with E-state index in [1.54, 1.807) is 0 Å². The average molecular weight is 360 g/mol. The highest BCUT2D eigenvalue weighted by molar-refractivity contribution is 7.89. The van der Waals surface area contributed by atoms with E-state index in [0.717, 1.165) is 12.0 Å². The third kappa shape index (κ3) is 2.30. The maximum absolute atomic E-state index is 13.3. The van der Waals surface area contributed by atoms with Crippen molar-refractivity contribution in [2.75, 3.05) is 18.8 Å². The highest BCUT2D eigenvalue weighted by Crippen LogP contribution is 2.64. The Morgan fingerprint density at radius 2 is 1.96 bits per heavy atom. The first-order chi connectivity index (χ1) is 11.8. The number of Topliss-reactive ketones (excluding diaryl/α,β-unsaturated/α-hetero) is 1. The largest absolute Gasteiger partial charge is 0.299 e. The standard InChI is InChI=1S/C19H24N2O3S/c1-18(2)15-8-9-19(18,16(22)12-15)13-25(23,24)21-11-10-20-17(21)14-6-4-3-5-7-14/h3-7,15H,8-13H2,1-2H3. The second-order valence-corrected chi connectivity index (χ2v) is 9.96. The van der Waals surface area contributed by atoms with Crippen LogP contribution in [0.2, 0.25) is 0 Å². The van der Waals surface area contributed by atoms with E-state index in [4.69, 9.17) is 0 Å². The molecule has 2 atom stereocenters. The number of hydrogen-bond acceptors (Lipinski definition) is 4. The summed E-state index contributed by atoms with van der Waals surface area (Å²) < 4.78 is 28.0. The van der Waals surface area contributed by atoms with Crippen LogP contribution in [0.3, 0.4) is 0 Å². The van der Waals surface area contributed by atoms with E-state index in [-0.39, 0.29) is 17.0 Å². The van der Waals surface area contributed by atoms with Gasteiger partial charge in [0.2, 0.25) is 10.0 Å². The Labute approximate surface area is 149 Å². The highest BCUT2D eigenvalue weighted by atomic mass is 32.2. The summed E-state index contributed by atoms with van der Waals surface area (Å²) in [5.41, 5.74) is -0.177. The maximum Gasteiger partial charge on any atom is 0.237 e. The Hall–Kier alpha value is -1.69. The minimum Gasteiger partial charge on any atom is -0.299 e. The van der Waals surface area contributed by atoms with Gasteiger partial charge in [0.15, 0.2) is 0 Å². The maximum atomic E-state index is 13.3. The molecule has 1 aromatic carbocycles. The molecule has 1 aliphatic heterocycles. The lowest BCUT2D eigenvalue weighted by atomic mass is 9.70. The number of nitrogens with zero attached hydrogens (tertiary/aromatic N) is 2. The van der Waals surface area contributed by atoms with Gasteiger partial charge in [-0.05, 0) is 24.2 Å². The number of carbonyl (C=O) groups is 1. The van der Waals surface area contributed by atoms with Crippen molar-refractivity contribution < 1.29 is 13.2 Å². The van der Waals surface area contributed by atoms with Crippen LogP contribution in [0.4, 0.5) is 0 Å². The van der Waals surface area contributed by atoms with Gasteiger partial charge in [0.05, 0.1) is 24.3 Å².